The molecule has 28 heavy (non-hydrogen) atoms. The van der Waals surface area contributed by atoms with Crippen molar-refractivity contribution in [1.29, 1.82) is 0 Å². The van der Waals surface area contributed by atoms with Gasteiger partial charge < -0.3 is 14.2 Å². The Kier molecular flexibility index (Phi) is 4.30. The molecule has 0 amide bonds. The molecule has 0 spiro atoms. The Morgan fingerprint density at radius 2 is 1.93 bits per heavy atom. The van der Waals surface area contributed by atoms with E-state index in [9.17, 15) is 4.79 Å². The number of fused-ring (bicyclic) bond motifs is 2. The molecule has 0 saturated carbocycles. The van der Waals surface area contributed by atoms with Gasteiger partial charge in [0, 0.05) is 31.6 Å². The van der Waals surface area contributed by atoms with E-state index in [1.54, 1.807) is 12.1 Å². The van der Waals surface area contributed by atoms with Crippen LogP contribution < -0.4 is 10.5 Å². The second-order valence-electron chi connectivity index (χ2n) is 6.91. The SMILES string of the molecule is CN1CCN(c2ccc3cc(-c4nc5c(Cl)cccc5s4)c(=O)oc3n2)CC1. The van der Waals surface area contributed by atoms with Crippen molar-refractivity contribution in [2.75, 3.05) is 38.1 Å². The molecule has 6 nitrogen and oxygen atoms in total. The average molecular weight is 413 g/mol. The number of aromatic nitrogens is 2. The topological polar surface area (TPSA) is 62.5 Å². The van der Waals surface area contributed by atoms with Gasteiger partial charge in [0.05, 0.1) is 15.3 Å². The summed E-state index contributed by atoms with van der Waals surface area (Å²) >= 11 is 7.64. The van der Waals surface area contributed by atoms with Crippen molar-refractivity contribution in [3.05, 3.63) is 51.8 Å². The highest BCUT2D eigenvalue weighted by Gasteiger charge is 2.18. The summed E-state index contributed by atoms with van der Waals surface area (Å²) in [4.78, 5) is 26.3. The number of thiazole rings is 1. The molecule has 0 aliphatic carbocycles. The highest BCUT2D eigenvalue weighted by molar-refractivity contribution is 7.21. The fourth-order valence-electron chi connectivity index (χ4n) is 3.38. The fourth-order valence-corrected chi connectivity index (χ4v) is 4.65. The number of halogens is 1. The Hall–Kier alpha value is -2.48. The first-order valence-corrected chi connectivity index (χ1v) is 10.2. The summed E-state index contributed by atoms with van der Waals surface area (Å²) in [5, 5.41) is 1.95. The third-order valence-corrected chi connectivity index (χ3v) is 6.37. The van der Waals surface area contributed by atoms with Gasteiger partial charge in [-0.25, -0.2) is 9.78 Å². The van der Waals surface area contributed by atoms with Crippen LogP contribution in [-0.4, -0.2) is 48.1 Å². The molecule has 4 aromatic rings. The van der Waals surface area contributed by atoms with Gasteiger partial charge in [-0.1, -0.05) is 17.7 Å². The molecule has 1 aliphatic heterocycles. The van der Waals surface area contributed by atoms with Gasteiger partial charge in [0.2, 0.25) is 5.71 Å². The van der Waals surface area contributed by atoms with Crippen LogP contribution in [-0.2, 0) is 0 Å². The standard InChI is InChI=1S/C20H17ClN4O2S/c1-24-7-9-25(10-8-24)16-6-5-12-11-13(20(26)27-18(12)22-16)19-23-17-14(21)3-2-4-15(17)28-19/h2-6,11H,7-10H2,1H3. The van der Waals surface area contributed by atoms with Crippen molar-refractivity contribution in [2.45, 2.75) is 0 Å². The lowest BCUT2D eigenvalue weighted by molar-refractivity contribution is 0.312. The Balaban J connectivity index is 1.56. The molecule has 3 aromatic heterocycles. The molecule has 1 fully saturated rings. The molecule has 142 valence electrons. The van der Waals surface area contributed by atoms with Gasteiger partial charge in [0.15, 0.2) is 0 Å². The molecular weight excluding hydrogens is 396 g/mol. The lowest BCUT2D eigenvalue weighted by Crippen LogP contribution is -2.44. The van der Waals surface area contributed by atoms with Crippen LogP contribution in [0.3, 0.4) is 0 Å². The minimum atomic E-state index is -0.439. The second kappa shape index (κ2) is 6.84. The smallest absolute Gasteiger partial charge is 0.347 e. The average Bonchev–Trinajstić information content (AvgIpc) is 3.13. The third kappa shape index (κ3) is 3.05. The van der Waals surface area contributed by atoms with Crippen molar-refractivity contribution in [3.63, 3.8) is 0 Å². The maximum absolute atomic E-state index is 12.6. The first-order chi connectivity index (χ1) is 13.6. The highest BCUT2D eigenvalue weighted by atomic mass is 35.5. The second-order valence-corrected chi connectivity index (χ2v) is 8.35. The third-order valence-electron chi connectivity index (χ3n) is 5.01. The number of nitrogens with zero attached hydrogens (tertiary/aromatic N) is 4. The van der Waals surface area contributed by atoms with E-state index in [1.807, 2.05) is 24.3 Å². The molecule has 0 atom stereocenters. The molecule has 5 rings (SSSR count). The van der Waals surface area contributed by atoms with Crippen LogP contribution in [0.5, 0.6) is 0 Å². The van der Waals surface area contributed by atoms with Crippen LogP contribution in [0.2, 0.25) is 5.02 Å². The van der Waals surface area contributed by atoms with Crippen LogP contribution in [0, 0.1) is 0 Å². The van der Waals surface area contributed by atoms with Crippen molar-refractivity contribution in [2.24, 2.45) is 0 Å². The number of hydrogen-bond acceptors (Lipinski definition) is 7. The Labute approximate surface area is 170 Å². The zero-order chi connectivity index (χ0) is 19.3. The number of rotatable bonds is 2. The lowest BCUT2D eigenvalue weighted by atomic mass is 10.2. The zero-order valence-electron chi connectivity index (χ0n) is 15.2. The van der Waals surface area contributed by atoms with Gasteiger partial charge in [-0.15, -0.1) is 11.3 Å². The van der Waals surface area contributed by atoms with Crippen molar-refractivity contribution in [3.8, 4) is 10.6 Å². The predicted octanol–water partition coefficient (Wildman–Crippen LogP) is 3.87. The minimum Gasteiger partial charge on any atom is -0.403 e. The van der Waals surface area contributed by atoms with E-state index in [2.05, 4.69) is 26.8 Å². The summed E-state index contributed by atoms with van der Waals surface area (Å²) in [6.45, 7) is 3.79. The number of anilines is 1. The molecule has 0 radical (unpaired) electrons. The molecule has 0 N–H and O–H groups in total. The maximum atomic E-state index is 12.6. The summed E-state index contributed by atoms with van der Waals surface area (Å²) in [6, 6.07) is 11.3. The summed E-state index contributed by atoms with van der Waals surface area (Å²) < 4.78 is 6.49. The van der Waals surface area contributed by atoms with Crippen molar-refractivity contribution < 1.29 is 4.42 Å². The van der Waals surface area contributed by atoms with E-state index in [0.29, 0.717) is 26.8 Å². The lowest BCUT2D eigenvalue weighted by Gasteiger charge is -2.33. The van der Waals surface area contributed by atoms with Gasteiger partial charge in [-0.05, 0) is 37.4 Å². The zero-order valence-corrected chi connectivity index (χ0v) is 16.8. The molecule has 1 saturated heterocycles. The van der Waals surface area contributed by atoms with Crippen molar-refractivity contribution in [1.82, 2.24) is 14.9 Å². The quantitative estimate of drug-likeness (QED) is 0.498. The fraction of sp³-hybridized carbons (Fsp3) is 0.250. The van der Waals surface area contributed by atoms with Crippen LogP contribution >= 0.6 is 22.9 Å². The summed E-state index contributed by atoms with van der Waals surface area (Å²) in [7, 11) is 2.11. The first kappa shape index (κ1) is 17.6. The van der Waals surface area contributed by atoms with Gasteiger partial charge in [-0.3, -0.25) is 0 Å². The van der Waals surface area contributed by atoms with Gasteiger partial charge in [0.1, 0.15) is 16.3 Å². The van der Waals surface area contributed by atoms with Crippen LogP contribution in [0.1, 0.15) is 0 Å². The van der Waals surface area contributed by atoms with E-state index in [-0.39, 0.29) is 0 Å². The van der Waals surface area contributed by atoms with Gasteiger partial charge >= 0.3 is 5.63 Å². The molecule has 0 unspecified atom stereocenters. The number of pyridine rings is 1. The van der Waals surface area contributed by atoms with E-state index in [4.69, 9.17) is 16.0 Å². The molecule has 1 aliphatic rings. The number of piperazine rings is 1. The van der Waals surface area contributed by atoms with Crippen LogP contribution in [0.4, 0.5) is 5.82 Å². The Morgan fingerprint density at radius 1 is 1.11 bits per heavy atom. The number of benzene rings is 1. The normalized spacial score (nSPS) is 15.6. The van der Waals surface area contributed by atoms with Crippen molar-refractivity contribution >= 4 is 50.1 Å². The van der Waals surface area contributed by atoms with E-state index in [0.717, 1.165) is 42.1 Å². The predicted molar refractivity (Wildman–Crippen MR) is 114 cm³/mol. The number of likely N-dealkylation sites (N-methyl/N-ethyl adjacent to an activating group) is 1. The largest absolute Gasteiger partial charge is 0.403 e. The number of hydrogen-bond donors (Lipinski definition) is 0. The summed E-state index contributed by atoms with van der Waals surface area (Å²) in [6.07, 6.45) is 0. The Morgan fingerprint density at radius 3 is 2.71 bits per heavy atom. The molecule has 8 heteroatoms. The number of para-hydroxylation sites is 1. The molecular formula is C20H17ClN4O2S. The maximum Gasteiger partial charge on any atom is 0.347 e. The Bertz CT molecular complexity index is 1240. The molecule has 4 heterocycles. The molecule has 1 aromatic carbocycles. The van der Waals surface area contributed by atoms with Crippen LogP contribution in [0.25, 0.3) is 31.9 Å². The van der Waals surface area contributed by atoms with Gasteiger partial charge in [-0.2, -0.15) is 4.98 Å². The highest BCUT2D eigenvalue weighted by Crippen LogP contribution is 2.33. The van der Waals surface area contributed by atoms with E-state index in [1.165, 1.54) is 11.3 Å². The van der Waals surface area contributed by atoms with Gasteiger partial charge in [0.25, 0.3) is 0 Å². The minimum absolute atomic E-state index is 0.351. The van der Waals surface area contributed by atoms with Crippen LogP contribution in [0.15, 0.2) is 45.6 Å². The monoisotopic (exact) mass is 412 g/mol. The molecule has 0 bridgehead atoms. The first-order valence-electron chi connectivity index (χ1n) is 9.02. The summed E-state index contributed by atoms with van der Waals surface area (Å²) in [5.74, 6) is 0.836. The van der Waals surface area contributed by atoms with E-state index < -0.39 is 5.63 Å². The van der Waals surface area contributed by atoms with E-state index >= 15 is 0 Å². The summed E-state index contributed by atoms with van der Waals surface area (Å²) in [5.41, 5.74) is 1.04.